The third-order valence-corrected chi connectivity index (χ3v) is 4.28. The Balaban J connectivity index is 1.78. The first kappa shape index (κ1) is 14.8. The van der Waals surface area contributed by atoms with Gasteiger partial charge in [0.05, 0.1) is 10.6 Å². The van der Waals surface area contributed by atoms with E-state index in [9.17, 15) is 4.79 Å². The molecule has 6 nitrogen and oxygen atoms in total. The summed E-state index contributed by atoms with van der Waals surface area (Å²) in [4.78, 5) is 18.7. The highest BCUT2D eigenvalue weighted by Gasteiger charge is 2.28. The molecule has 1 aromatic heterocycles. The minimum Gasteiger partial charge on any atom is -0.367 e. The Hall–Kier alpha value is -2.08. The zero-order valence-corrected chi connectivity index (χ0v) is 13.1. The van der Waals surface area contributed by atoms with Crippen molar-refractivity contribution in [1.29, 1.82) is 0 Å². The molecule has 22 heavy (non-hydrogen) atoms. The number of nitrogen functional groups attached to an aromatic ring is 1. The van der Waals surface area contributed by atoms with E-state index < -0.39 is 0 Å². The van der Waals surface area contributed by atoms with Gasteiger partial charge < -0.3 is 10.6 Å². The molecule has 7 heteroatoms. The molecule has 0 saturated carbocycles. The van der Waals surface area contributed by atoms with E-state index in [1.807, 2.05) is 24.0 Å². The first-order valence-electron chi connectivity index (χ1n) is 7.28. The van der Waals surface area contributed by atoms with Crippen molar-refractivity contribution < 1.29 is 4.79 Å². The molecule has 0 bridgehead atoms. The number of hydrogen-bond acceptors (Lipinski definition) is 4. The number of aromatic nitrogens is 3. The second-order valence-electron chi connectivity index (χ2n) is 5.65. The van der Waals surface area contributed by atoms with Crippen molar-refractivity contribution >= 4 is 23.5 Å². The molecule has 1 amide bonds. The van der Waals surface area contributed by atoms with Gasteiger partial charge in [0, 0.05) is 19.0 Å². The van der Waals surface area contributed by atoms with E-state index in [4.69, 9.17) is 17.3 Å². The Morgan fingerprint density at radius 1 is 1.50 bits per heavy atom. The van der Waals surface area contributed by atoms with Crippen LogP contribution < -0.4 is 5.73 Å². The van der Waals surface area contributed by atoms with Gasteiger partial charge in [0.1, 0.15) is 5.82 Å². The van der Waals surface area contributed by atoms with Gasteiger partial charge in [-0.05, 0) is 37.5 Å². The van der Waals surface area contributed by atoms with Crippen molar-refractivity contribution in [3.05, 3.63) is 40.2 Å². The number of nitrogens with one attached hydrogen (secondary N) is 1. The van der Waals surface area contributed by atoms with E-state index in [0.29, 0.717) is 17.1 Å². The van der Waals surface area contributed by atoms with Crippen LogP contribution in [0.25, 0.3) is 0 Å². The number of nitrogens with two attached hydrogens (primary N) is 1. The normalized spacial score (nSPS) is 18.5. The second-order valence-corrected chi connectivity index (χ2v) is 6.06. The molecular formula is C15H18ClN5O. The molecule has 2 heterocycles. The van der Waals surface area contributed by atoms with E-state index >= 15 is 0 Å². The van der Waals surface area contributed by atoms with Crippen molar-refractivity contribution in [1.82, 2.24) is 20.1 Å². The molecular weight excluding hydrogens is 302 g/mol. The van der Waals surface area contributed by atoms with Crippen molar-refractivity contribution in [2.45, 2.75) is 25.7 Å². The van der Waals surface area contributed by atoms with Gasteiger partial charge >= 0.3 is 0 Å². The number of aryl methyl sites for hydroxylation is 1. The highest BCUT2D eigenvalue weighted by molar-refractivity contribution is 6.33. The van der Waals surface area contributed by atoms with Crippen molar-refractivity contribution in [3.8, 4) is 0 Å². The Morgan fingerprint density at radius 3 is 3.00 bits per heavy atom. The average Bonchev–Trinajstić information content (AvgIpc) is 2.93. The van der Waals surface area contributed by atoms with Crippen LogP contribution in [0.2, 0.25) is 5.02 Å². The highest BCUT2D eigenvalue weighted by atomic mass is 35.5. The monoisotopic (exact) mass is 319 g/mol. The van der Waals surface area contributed by atoms with Crippen LogP contribution in [-0.4, -0.2) is 39.1 Å². The number of amides is 1. The minimum atomic E-state index is -0.0396. The number of rotatable bonds is 2. The maximum absolute atomic E-state index is 12.7. The molecule has 1 atom stereocenters. The first-order chi connectivity index (χ1) is 10.5. The summed E-state index contributed by atoms with van der Waals surface area (Å²) in [7, 11) is 0. The van der Waals surface area contributed by atoms with Crippen molar-refractivity contribution in [2.75, 3.05) is 18.8 Å². The molecule has 0 spiro atoms. The molecule has 1 unspecified atom stereocenters. The van der Waals surface area contributed by atoms with Gasteiger partial charge in [0.2, 0.25) is 5.95 Å². The van der Waals surface area contributed by atoms with Gasteiger partial charge in [-0.1, -0.05) is 17.7 Å². The fourth-order valence-electron chi connectivity index (χ4n) is 2.82. The zero-order chi connectivity index (χ0) is 15.7. The molecule has 3 N–H and O–H groups in total. The molecule has 1 aliphatic rings. The van der Waals surface area contributed by atoms with Crippen LogP contribution in [0.3, 0.4) is 0 Å². The molecule has 116 valence electrons. The number of benzene rings is 1. The molecule has 0 aliphatic carbocycles. The second kappa shape index (κ2) is 5.96. The Kier molecular flexibility index (Phi) is 4.02. The lowest BCUT2D eigenvalue weighted by Crippen LogP contribution is -2.39. The van der Waals surface area contributed by atoms with E-state index in [1.54, 1.807) is 6.07 Å². The molecule has 1 fully saturated rings. The quantitative estimate of drug-likeness (QED) is 0.889. The van der Waals surface area contributed by atoms with E-state index in [-0.39, 0.29) is 17.8 Å². The number of carbonyl (C=O) groups excluding carboxylic acids is 1. The minimum absolute atomic E-state index is 0.0396. The Bertz CT molecular complexity index is 699. The number of carbonyl (C=O) groups is 1. The Morgan fingerprint density at radius 2 is 2.32 bits per heavy atom. The topological polar surface area (TPSA) is 87.9 Å². The largest absolute Gasteiger partial charge is 0.367 e. The number of H-pyrrole nitrogens is 1. The molecule has 1 aliphatic heterocycles. The summed E-state index contributed by atoms with van der Waals surface area (Å²) >= 11 is 6.21. The van der Waals surface area contributed by atoms with Gasteiger partial charge in [-0.2, -0.15) is 4.98 Å². The lowest BCUT2D eigenvalue weighted by Gasteiger charge is -2.32. The SMILES string of the molecule is Cc1ccc(C(=O)N2CCCC(c3nc(N)n[nH]3)C2)c(Cl)c1. The smallest absolute Gasteiger partial charge is 0.255 e. The zero-order valence-electron chi connectivity index (χ0n) is 12.3. The third-order valence-electron chi connectivity index (χ3n) is 3.97. The van der Waals surface area contributed by atoms with E-state index in [0.717, 1.165) is 30.8 Å². The summed E-state index contributed by atoms with van der Waals surface area (Å²) in [6.45, 7) is 3.27. The fraction of sp³-hybridized carbons (Fsp3) is 0.400. The molecule has 0 radical (unpaired) electrons. The van der Waals surface area contributed by atoms with Crippen molar-refractivity contribution in [2.24, 2.45) is 0 Å². The third kappa shape index (κ3) is 2.92. The van der Waals surface area contributed by atoms with Crippen LogP contribution in [-0.2, 0) is 0 Å². The number of nitrogens with zero attached hydrogens (tertiary/aromatic N) is 3. The van der Waals surface area contributed by atoms with Crippen LogP contribution in [0.15, 0.2) is 18.2 Å². The summed E-state index contributed by atoms with van der Waals surface area (Å²) < 4.78 is 0. The summed E-state index contributed by atoms with van der Waals surface area (Å²) in [6.07, 6.45) is 1.88. The van der Waals surface area contributed by atoms with E-state index in [2.05, 4.69) is 15.2 Å². The maximum Gasteiger partial charge on any atom is 0.255 e. The molecule has 1 saturated heterocycles. The summed E-state index contributed by atoms with van der Waals surface area (Å²) in [5.41, 5.74) is 7.14. The molecule has 1 aromatic carbocycles. The van der Waals surface area contributed by atoms with Gasteiger partial charge in [0.15, 0.2) is 0 Å². The van der Waals surface area contributed by atoms with Crippen LogP contribution in [0.4, 0.5) is 5.95 Å². The number of hydrogen-bond donors (Lipinski definition) is 2. The molecule has 2 aromatic rings. The standard InChI is InChI=1S/C15H18ClN5O/c1-9-4-5-11(12(16)7-9)14(22)21-6-2-3-10(8-21)13-18-15(17)20-19-13/h4-5,7,10H,2-3,6,8H2,1H3,(H3,17,18,19,20). The van der Waals surface area contributed by atoms with Crippen LogP contribution in [0.1, 0.15) is 40.5 Å². The first-order valence-corrected chi connectivity index (χ1v) is 7.65. The predicted octanol–water partition coefficient (Wildman–Crippen LogP) is 2.37. The average molecular weight is 320 g/mol. The van der Waals surface area contributed by atoms with E-state index in [1.165, 1.54) is 0 Å². The number of aromatic amines is 1. The van der Waals surface area contributed by atoms with Gasteiger partial charge in [-0.3, -0.25) is 9.89 Å². The number of anilines is 1. The number of likely N-dealkylation sites (tertiary alicyclic amines) is 1. The lowest BCUT2D eigenvalue weighted by atomic mass is 9.96. The van der Waals surface area contributed by atoms with Crippen LogP contribution in [0, 0.1) is 6.92 Å². The number of halogens is 1. The maximum atomic E-state index is 12.7. The fourth-order valence-corrected chi connectivity index (χ4v) is 3.14. The summed E-state index contributed by atoms with van der Waals surface area (Å²) in [5, 5.41) is 7.20. The summed E-state index contributed by atoms with van der Waals surface area (Å²) in [5.74, 6) is 1.07. The van der Waals surface area contributed by atoms with Crippen molar-refractivity contribution in [3.63, 3.8) is 0 Å². The number of piperidine rings is 1. The van der Waals surface area contributed by atoms with Crippen LogP contribution in [0.5, 0.6) is 0 Å². The Labute approximate surface area is 133 Å². The summed E-state index contributed by atoms with van der Waals surface area (Å²) in [6, 6.07) is 5.50. The van der Waals surface area contributed by atoms with Gasteiger partial charge in [0.25, 0.3) is 5.91 Å². The molecule has 3 rings (SSSR count). The lowest BCUT2D eigenvalue weighted by molar-refractivity contribution is 0.0705. The highest BCUT2D eigenvalue weighted by Crippen LogP contribution is 2.27. The predicted molar refractivity (Wildman–Crippen MR) is 84.9 cm³/mol. The van der Waals surface area contributed by atoms with Gasteiger partial charge in [-0.15, -0.1) is 5.10 Å². The van der Waals surface area contributed by atoms with Gasteiger partial charge in [-0.25, -0.2) is 0 Å². The van der Waals surface area contributed by atoms with Crippen LogP contribution >= 0.6 is 11.6 Å².